The van der Waals surface area contributed by atoms with E-state index in [-0.39, 0.29) is 30.4 Å². The molecule has 0 saturated carbocycles. The Bertz CT molecular complexity index is 1470. The maximum atomic E-state index is 15.6. The highest BCUT2D eigenvalue weighted by atomic mass is 19.3. The number of amides is 1. The van der Waals surface area contributed by atoms with Crippen molar-refractivity contribution in [3.8, 4) is 11.5 Å². The summed E-state index contributed by atoms with van der Waals surface area (Å²) in [5.74, 6) is -3.22. The number of carbonyl (C=O) groups excluding carboxylic acids is 1. The molecule has 12 heteroatoms. The smallest absolute Gasteiger partial charge is 0.415 e. The first-order valence-electron chi connectivity index (χ1n) is 14.1. The average Bonchev–Trinajstić information content (AvgIpc) is 3.49. The van der Waals surface area contributed by atoms with Crippen molar-refractivity contribution in [2.45, 2.75) is 57.7 Å². The number of methoxy groups -OCH3 is 1. The molecule has 0 aliphatic carbocycles. The van der Waals surface area contributed by atoms with E-state index in [2.05, 4.69) is 20.2 Å². The molecule has 226 valence electrons. The van der Waals surface area contributed by atoms with Crippen molar-refractivity contribution in [3.05, 3.63) is 53.1 Å². The van der Waals surface area contributed by atoms with Gasteiger partial charge in [-0.3, -0.25) is 0 Å². The highest BCUT2D eigenvalue weighted by Gasteiger charge is 2.46. The number of likely N-dealkylation sites (N-methyl/N-ethyl adjacent to an activating group) is 1. The number of hydrogen-bond donors (Lipinski definition) is 1. The largest absolute Gasteiger partial charge is 0.493 e. The quantitative estimate of drug-likeness (QED) is 0.379. The van der Waals surface area contributed by atoms with Crippen LogP contribution in [-0.4, -0.2) is 78.4 Å². The van der Waals surface area contributed by atoms with Crippen molar-refractivity contribution in [1.82, 2.24) is 19.8 Å². The van der Waals surface area contributed by atoms with Gasteiger partial charge in [0.25, 0.3) is 0 Å². The van der Waals surface area contributed by atoms with E-state index in [9.17, 15) is 4.79 Å². The van der Waals surface area contributed by atoms with E-state index in [0.29, 0.717) is 41.3 Å². The molecular weight excluding hydrogens is 551 g/mol. The summed E-state index contributed by atoms with van der Waals surface area (Å²) < 4.78 is 62.5. The normalized spacial score (nSPS) is 20.5. The number of ether oxygens (including phenoxy) is 3. The van der Waals surface area contributed by atoms with Crippen LogP contribution in [0.25, 0.3) is 10.9 Å². The van der Waals surface area contributed by atoms with Gasteiger partial charge in [-0.15, -0.1) is 0 Å². The number of anilines is 1. The van der Waals surface area contributed by atoms with Crippen LogP contribution < -0.4 is 14.8 Å². The number of piperazine rings is 1. The molecule has 5 rings (SSSR count). The third-order valence-corrected chi connectivity index (χ3v) is 7.90. The molecule has 1 unspecified atom stereocenters. The minimum Gasteiger partial charge on any atom is -0.493 e. The van der Waals surface area contributed by atoms with E-state index in [0.717, 1.165) is 19.2 Å². The molecule has 2 fully saturated rings. The molecular formula is C30H36F3N5O4. The fourth-order valence-corrected chi connectivity index (χ4v) is 5.63. The van der Waals surface area contributed by atoms with Gasteiger partial charge in [0.05, 0.1) is 24.2 Å². The predicted octanol–water partition coefficient (Wildman–Crippen LogP) is 5.66. The van der Waals surface area contributed by atoms with Gasteiger partial charge in [0, 0.05) is 49.3 Å². The summed E-state index contributed by atoms with van der Waals surface area (Å²) in [5, 5.41) is 3.65. The van der Waals surface area contributed by atoms with Crippen molar-refractivity contribution in [1.29, 1.82) is 0 Å². The maximum Gasteiger partial charge on any atom is 0.415 e. The van der Waals surface area contributed by atoms with Gasteiger partial charge in [0.15, 0.2) is 11.5 Å². The summed E-state index contributed by atoms with van der Waals surface area (Å²) in [7, 11) is 3.47. The molecule has 1 N–H and O–H groups in total. The summed E-state index contributed by atoms with van der Waals surface area (Å²) in [5.41, 5.74) is -0.138. The second-order valence-corrected chi connectivity index (χ2v) is 11.0. The minimum atomic E-state index is -3.47. The van der Waals surface area contributed by atoms with Crippen LogP contribution in [0.1, 0.15) is 49.7 Å². The Morgan fingerprint density at radius 2 is 2.00 bits per heavy atom. The molecule has 9 nitrogen and oxygen atoms in total. The Morgan fingerprint density at radius 3 is 2.69 bits per heavy atom. The first-order chi connectivity index (χ1) is 20.0. The zero-order chi connectivity index (χ0) is 30.2. The van der Waals surface area contributed by atoms with Gasteiger partial charge in [-0.2, -0.15) is 8.78 Å². The molecule has 2 aliphatic rings. The number of aromatic nitrogens is 2. The number of alkyl halides is 2. The zero-order valence-corrected chi connectivity index (χ0v) is 24.4. The highest BCUT2D eigenvalue weighted by Crippen LogP contribution is 2.41. The summed E-state index contributed by atoms with van der Waals surface area (Å²) in [6.45, 7) is 7.53. The number of hydrogen-bond acceptors (Lipinski definition) is 8. The summed E-state index contributed by atoms with van der Waals surface area (Å²) in [6, 6.07) is 6.43. The fraction of sp³-hybridized carbons (Fsp3) is 0.500. The number of carbonyl (C=O) groups is 1. The number of benzene rings is 2. The Labute approximate surface area is 243 Å². The van der Waals surface area contributed by atoms with Crippen LogP contribution in [0, 0.1) is 12.7 Å². The van der Waals surface area contributed by atoms with Crippen LogP contribution in [0.5, 0.6) is 11.5 Å². The molecule has 0 radical (unpaired) electrons. The summed E-state index contributed by atoms with van der Waals surface area (Å²) >= 11 is 0. The number of rotatable bonds is 7. The zero-order valence-electron chi connectivity index (χ0n) is 24.4. The van der Waals surface area contributed by atoms with Gasteiger partial charge in [0.2, 0.25) is 0 Å². The van der Waals surface area contributed by atoms with Crippen LogP contribution in [0.2, 0.25) is 0 Å². The van der Waals surface area contributed by atoms with Crippen LogP contribution in [0.3, 0.4) is 0 Å². The molecule has 2 aromatic carbocycles. The standard InChI is InChI=1S/C30H36F3N5O4/c1-17-16-37(4)11-12-38(17)29(39)42-25-14-21-23(15-24(25)40-5)35-19(3)36-28(21)34-18(2)20-8-6-9-22(27(20)31)30(32,33)26-10-7-13-41-26/h6,8-9,14-15,17-18,26H,7,10-13,16H2,1-5H3,(H,34,35,36)/t17-,18-,26?/m1/s1. The molecule has 0 spiro atoms. The van der Waals surface area contributed by atoms with Crippen LogP contribution >= 0.6 is 0 Å². The van der Waals surface area contributed by atoms with Gasteiger partial charge < -0.3 is 29.3 Å². The van der Waals surface area contributed by atoms with E-state index < -0.39 is 35.5 Å². The number of aryl methyl sites for hydroxylation is 1. The first-order valence-corrected chi connectivity index (χ1v) is 14.1. The molecule has 1 amide bonds. The lowest BCUT2D eigenvalue weighted by Crippen LogP contribution is -2.53. The first kappa shape index (κ1) is 29.8. The number of halogens is 3. The van der Waals surface area contributed by atoms with Crippen LogP contribution in [0.15, 0.2) is 30.3 Å². The van der Waals surface area contributed by atoms with Crippen molar-refractivity contribution < 1.29 is 32.2 Å². The molecule has 0 bridgehead atoms. The SMILES string of the molecule is COc1cc2nc(C)nc(N[C@H](C)c3cccc(C(F)(F)C4CCCO4)c3F)c2cc1OC(=O)N1CCN(C)C[C@H]1C. The maximum absolute atomic E-state index is 15.6. The topological polar surface area (TPSA) is 89.1 Å². The van der Waals surface area contributed by atoms with Crippen molar-refractivity contribution in [3.63, 3.8) is 0 Å². The van der Waals surface area contributed by atoms with Crippen LogP contribution in [0.4, 0.5) is 23.8 Å². The lowest BCUT2D eigenvalue weighted by Gasteiger charge is -2.37. The summed E-state index contributed by atoms with van der Waals surface area (Å²) in [4.78, 5) is 25.9. The van der Waals surface area contributed by atoms with Crippen molar-refractivity contribution in [2.75, 3.05) is 45.7 Å². The van der Waals surface area contributed by atoms with E-state index in [4.69, 9.17) is 14.2 Å². The molecule has 3 heterocycles. The van der Waals surface area contributed by atoms with Crippen LogP contribution in [-0.2, 0) is 10.7 Å². The van der Waals surface area contributed by atoms with E-state index in [1.807, 2.05) is 14.0 Å². The second kappa shape index (κ2) is 11.9. The Hall–Kier alpha value is -3.64. The highest BCUT2D eigenvalue weighted by molar-refractivity contribution is 5.92. The Balaban J connectivity index is 1.46. The minimum absolute atomic E-state index is 0.0370. The Kier molecular flexibility index (Phi) is 8.47. The van der Waals surface area contributed by atoms with Gasteiger partial charge in [0.1, 0.15) is 23.6 Å². The van der Waals surface area contributed by atoms with Gasteiger partial charge in [-0.1, -0.05) is 12.1 Å². The molecule has 3 atom stereocenters. The summed E-state index contributed by atoms with van der Waals surface area (Å²) in [6.07, 6.45) is -1.18. The molecule has 2 aliphatic heterocycles. The fourth-order valence-electron chi connectivity index (χ4n) is 5.63. The molecule has 1 aromatic heterocycles. The lowest BCUT2D eigenvalue weighted by molar-refractivity contribution is -0.124. The monoisotopic (exact) mass is 587 g/mol. The third kappa shape index (κ3) is 5.82. The van der Waals surface area contributed by atoms with E-state index >= 15 is 13.2 Å². The third-order valence-electron chi connectivity index (χ3n) is 7.90. The average molecular weight is 588 g/mol. The lowest BCUT2D eigenvalue weighted by atomic mass is 9.96. The number of nitrogens with zero attached hydrogens (tertiary/aromatic N) is 4. The van der Waals surface area contributed by atoms with E-state index in [1.54, 1.807) is 30.9 Å². The molecule has 3 aromatic rings. The number of nitrogens with one attached hydrogen (secondary N) is 1. The Morgan fingerprint density at radius 1 is 1.21 bits per heavy atom. The van der Waals surface area contributed by atoms with Gasteiger partial charge >= 0.3 is 12.0 Å². The van der Waals surface area contributed by atoms with Crippen molar-refractivity contribution in [2.24, 2.45) is 0 Å². The van der Waals surface area contributed by atoms with Gasteiger partial charge in [-0.25, -0.2) is 19.2 Å². The van der Waals surface area contributed by atoms with Crippen molar-refractivity contribution >= 4 is 22.8 Å². The molecule has 42 heavy (non-hydrogen) atoms. The van der Waals surface area contributed by atoms with E-state index in [1.165, 1.54) is 19.2 Å². The molecule has 2 saturated heterocycles. The van der Waals surface area contributed by atoms with Gasteiger partial charge in [-0.05, 0) is 52.8 Å². The predicted molar refractivity (Wildman–Crippen MR) is 152 cm³/mol. The second-order valence-electron chi connectivity index (χ2n) is 11.0. The number of fused-ring (bicyclic) bond motifs is 1.